The second-order valence-corrected chi connectivity index (χ2v) is 8.07. The van der Waals surface area contributed by atoms with Crippen LogP contribution in [0, 0.1) is 11.8 Å². The third kappa shape index (κ3) is 2.82. The molecule has 0 amide bonds. The van der Waals surface area contributed by atoms with E-state index in [-0.39, 0.29) is 6.04 Å². The fourth-order valence-corrected chi connectivity index (χ4v) is 5.47. The van der Waals surface area contributed by atoms with Crippen LogP contribution in [-0.4, -0.2) is 56.9 Å². The van der Waals surface area contributed by atoms with E-state index in [1.165, 1.54) is 25.7 Å². The fourth-order valence-electron chi connectivity index (χ4n) is 4.00. The largest absolute Gasteiger partial charge is 0.304 e. The van der Waals surface area contributed by atoms with Gasteiger partial charge in [-0.2, -0.15) is 17.4 Å². The number of fused-ring (bicyclic) bond motifs is 1. The van der Waals surface area contributed by atoms with Crippen molar-refractivity contribution < 1.29 is 8.42 Å². The first-order chi connectivity index (χ1) is 9.06. The summed E-state index contributed by atoms with van der Waals surface area (Å²) in [6.07, 6.45) is 6.03. The van der Waals surface area contributed by atoms with Gasteiger partial charge in [0.2, 0.25) is 0 Å². The van der Waals surface area contributed by atoms with Gasteiger partial charge in [-0.25, -0.2) is 0 Å². The van der Waals surface area contributed by atoms with Crippen LogP contribution in [0.1, 0.15) is 32.1 Å². The molecule has 1 heterocycles. The van der Waals surface area contributed by atoms with Crippen LogP contribution in [0.2, 0.25) is 0 Å². The molecular formula is C13H25N3O2S. The van der Waals surface area contributed by atoms with Crippen molar-refractivity contribution in [1.29, 1.82) is 0 Å². The summed E-state index contributed by atoms with van der Waals surface area (Å²) in [4.78, 5) is 2.18. The smallest absolute Gasteiger partial charge is 0.279 e. The van der Waals surface area contributed by atoms with E-state index < -0.39 is 10.2 Å². The Balaban J connectivity index is 1.62. The summed E-state index contributed by atoms with van der Waals surface area (Å²) in [6, 6.07) is 0.192. The molecule has 1 aliphatic heterocycles. The van der Waals surface area contributed by atoms with Gasteiger partial charge < -0.3 is 4.90 Å². The number of likely N-dealkylation sites (N-methyl/N-ethyl adjacent to an activating group) is 1. The Labute approximate surface area is 116 Å². The zero-order valence-corrected chi connectivity index (χ0v) is 12.5. The standard InChI is InChI=1S/C13H25N3O2S/c1-15-7-9-16(10-8-15)19(17,18)14-13-6-5-11-3-2-4-12(11)13/h11-14H,2-10H2,1H3/t11-,12-,13-/m1/s1. The van der Waals surface area contributed by atoms with Gasteiger partial charge in [-0.1, -0.05) is 12.8 Å². The second kappa shape index (κ2) is 5.31. The van der Waals surface area contributed by atoms with Crippen LogP contribution in [0.3, 0.4) is 0 Å². The average molecular weight is 287 g/mol. The molecule has 0 aromatic carbocycles. The van der Waals surface area contributed by atoms with E-state index in [1.807, 2.05) is 7.05 Å². The first kappa shape index (κ1) is 13.8. The van der Waals surface area contributed by atoms with Crippen LogP contribution in [0.4, 0.5) is 0 Å². The quantitative estimate of drug-likeness (QED) is 0.829. The van der Waals surface area contributed by atoms with Gasteiger partial charge in [0, 0.05) is 32.2 Å². The lowest BCUT2D eigenvalue weighted by Crippen LogP contribution is -2.53. The summed E-state index contributed by atoms with van der Waals surface area (Å²) in [5.41, 5.74) is 0. The highest BCUT2D eigenvalue weighted by molar-refractivity contribution is 7.87. The molecule has 0 bridgehead atoms. The third-order valence-electron chi connectivity index (χ3n) is 5.19. The van der Waals surface area contributed by atoms with Gasteiger partial charge in [0.05, 0.1) is 0 Å². The van der Waals surface area contributed by atoms with Crippen molar-refractivity contribution in [1.82, 2.24) is 13.9 Å². The van der Waals surface area contributed by atoms with Gasteiger partial charge in [-0.15, -0.1) is 0 Å². The summed E-state index contributed by atoms with van der Waals surface area (Å²) in [5.74, 6) is 1.38. The number of nitrogens with one attached hydrogen (secondary N) is 1. The Bertz CT molecular complexity index is 418. The van der Waals surface area contributed by atoms with Crippen molar-refractivity contribution in [3.63, 3.8) is 0 Å². The van der Waals surface area contributed by atoms with Gasteiger partial charge >= 0.3 is 0 Å². The van der Waals surface area contributed by atoms with Gasteiger partial charge in [-0.3, -0.25) is 0 Å². The minimum absolute atomic E-state index is 0.192. The topological polar surface area (TPSA) is 52.7 Å². The summed E-state index contributed by atoms with van der Waals surface area (Å²) < 4.78 is 29.5. The van der Waals surface area contributed by atoms with E-state index >= 15 is 0 Å². The summed E-state index contributed by atoms with van der Waals surface area (Å²) in [5, 5.41) is 0. The van der Waals surface area contributed by atoms with E-state index in [9.17, 15) is 8.42 Å². The molecule has 2 aliphatic carbocycles. The number of nitrogens with zero attached hydrogens (tertiary/aromatic N) is 2. The maximum Gasteiger partial charge on any atom is 0.279 e. The molecule has 3 aliphatic rings. The van der Waals surface area contributed by atoms with Crippen molar-refractivity contribution in [3.05, 3.63) is 0 Å². The van der Waals surface area contributed by atoms with E-state index in [0.717, 1.165) is 25.4 Å². The molecule has 3 fully saturated rings. The van der Waals surface area contributed by atoms with Gasteiger partial charge in [0.1, 0.15) is 0 Å². The van der Waals surface area contributed by atoms with Crippen LogP contribution < -0.4 is 4.72 Å². The van der Waals surface area contributed by atoms with Crippen LogP contribution >= 0.6 is 0 Å². The minimum Gasteiger partial charge on any atom is -0.304 e. The maximum atomic E-state index is 12.4. The molecule has 5 nitrogen and oxygen atoms in total. The van der Waals surface area contributed by atoms with E-state index in [4.69, 9.17) is 0 Å². The first-order valence-electron chi connectivity index (χ1n) is 7.52. The molecule has 0 aromatic rings. The minimum atomic E-state index is -3.27. The fraction of sp³-hybridized carbons (Fsp3) is 1.00. The molecule has 0 unspecified atom stereocenters. The SMILES string of the molecule is CN1CCN(S(=O)(=O)N[C@@H]2CC[C@H]3CCC[C@H]32)CC1. The summed E-state index contributed by atoms with van der Waals surface area (Å²) in [6.45, 7) is 2.90. The van der Waals surface area contributed by atoms with Gasteiger partial charge in [-0.05, 0) is 38.1 Å². The number of rotatable bonds is 3. The Kier molecular flexibility index (Phi) is 3.86. The van der Waals surface area contributed by atoms with Gasteiger partial charge in [0.25, 0.3) is 10.2 Å². The molecule has 3 atom stereocenters. The van der Waals surface area contributed by atoms with Crippen LogP contribution in [0.15, 0.2) is 0 Å². The number of hydrogen-bond donors (Lipinski definition) is 1. The lowest BCUT2D eigenvalue weighted by molar-refractivity contribution is 0.219. The monoisotopic (exact) mass is 287 g/mol. The second-order valence-electron chi connectivity index (χ2n) is 6.36. The van der Waals surface area contributed by atoms with Crippen molar-refractivity contribution in [2.75, 3.05) is 33.2 Å². The maximum absolute atomic E-state index is 12.4. The Morgan fingerprint density at radius 2 is 1.74 bits per heavy atom. The molecule has 3 rings (SSSR count). The zero-order valence-electron chi connectivity index (χ0n) is 11.7. The molecule has 1 saturated heterocycles. The average Bonchev–Trinajstić information content (AvgIpc) is 2.95. The number of piperazine rings is 1. The number of hydrogen-bond acceptors (Lipinski definition) is 3. The van der Waals surface area contributed by atoms with Crippen molar-refractivity contribution >= 4 is 10.2 Å². The Morgan fingerprint density at radius 1 is 1.00 bits per heavy atom. The first-order valence-corrected chi connectivity index (χ1v) is 8.96. The predicted molar refractivity (Wildman–Crippen MR) is 75.0 cm³/mol. The van der Waals surface area contributed by atoms with Gasteiger partial charge in [0.15, 0.2) is 0 Å². The molecule has 0 spiro atoms. The van der Waals surface area contributed by atoms with E-state index in [0.29, 0.717) is 19.0 Å². The highest BCUT2D eigenvalue weighted by Crippen LogP contribution is 2.44. The molecular weight excluding hydrogens is 262 g/mol. The molecule has 6 heteroatoms. The van der Waals surface area contributed by atoms with E-state index in [1.54, 1.807) is 4.31 Å². The lowest BCUT2D eigenvalue weighted by atomic mass is 9.98. The summed E-state index contributed by atoms with van der Waals surface area (Å²) >= 11 is 0. The summed E-state index contributed by atoms with van der Waals surface area (Å²) in [7, 11) is -1.23. The highest BCUT2D eigenvalue weighted by atomic mass is 32.2. The molecule has 0 aromatic heterocycles. The Hall–Kier alpha value is -0.170. The van der Waals surface area contributed by atoms with Crippen LogP contribution in [0.25, 0.3) is 0 Å². The van der Waals surface area contributed by atoms with Crippen molar-refractivity contribution in [2.24, 2.45) is 11.8 Å². The van der Waals surface area contributed by atoms with E-state index in [2.05, 4.69) is 9.62 Å². The molecule has 2 saturated carbocycles. The third-order valence-corrected chi connectivity index (χ3v) is 6.83. The Morgan fingerprint density at radius 3 is 2.47 bits per heavy atom. The molecule has 0 radical (unpaired) electrons. The molecule has 19 heavy (non-hydrogen) atoms. The molecule has 110 valence electrons. The van der Waals surface area contributed by atoms with Crippen LogP contribution in [0.5, 0.6) is 0 Å². The van der Waals surface area contributed by atoms with Crippen molar-refractivity contribution in [2.45, 2.75) is 38.1 Å². The van der Waals surface area contributed by atoms with Crippen LogP contribution in [-0.2, 0) is 10.2 Å². The normalized spacial score (nSPS) is 37.6. The predicted octanol–water partition coefficient (Wildman–Crippen LogP) is 0.647. The zero-order chi connectivity index (χ0) is 13.5. The molecule has 1 N–H and O–H groups in total. The highest BCUT2D eigenvalue weighted by Gasteiger charge is 2.41. The lowest BCUT2D eigenvalue weighted by Gasteiger charge is -2.33. The van der Waals surface area contributed by atoms with Crippen molar-refractivity contribution in [3.8, 4) is 0 Å².